The predicted molar refractivity (Wildman–Crippen MR) is 98.1 cm³/mol. The first-order valence-electron chi connectivity index (χ1n) is 9.35. The number of hydrogen-bond donors (Lipinski definition) is 1. The van der Waals surface area contributed by atoms with Gasteiger partial charge in [0.1, 0.15) is 5.82 Å². The van der Waals surface area contributed by atoms with Crippen LogP contribution >= 0.6 is 0 Å². The average Bonchev–Trinajstić information content (AvgIpc) is 2.87. The van der Waals surface area contributed by atoms with Gasteiger partial charge in [-0.3, -0.25) is 0 Å². The van der Waals surface area contributed by atoms with Crippen molar-refractivity contribution in [1.82, 2.24) is 15.3 Å². The molecule has 132 valence electrons. The Morgan fingerprint density at radius 1 is 1.12 bits per heavy atom. The first kappa shape index (κ1) is 16.5. The first-order valence-corrected chi connectivity index (χ1v) is 9.35. The van der Waals surface area contributed by atoms with Gasteiger partial charge >= 0.3 is 0 Å². The minimum Gasteiger partial charge on any atom is -0.338 e. The van der Waals surface area contributed by atoms with E-state index in [-0.39, 0.29) is 5.82 Å². The van der Waals surface area contributed by atoms with Gasteiger partial charge in [-0.1, -0.05) is 0 Å². The van der Waals surface area contributed by atoms with Gasteiger partial charge in [0.2, 0.25) is 5.95 Å². The number of hydrogen-bond acceptors (Lipinski definition) is 4. The zero-order valence-electron chi connectivity index (χ0n) is 14.8. The third-order valence-electron chi connectivity index (χ3n) is 5.33. The summed E-state index contributed by atoms with van der Waals surface area (Å²) >= 11 is 0. The van der Waals surface area contributed by atoms with Crippen LogP contribution in [0.4, 0.5) is 10.3 Å². The molecule has 0 saturated carbocycles. The lowest BCUT2D eigenvalue weighted by Crippen LogP contribution is -2.39. The number of fused-ring (bicyclic) bond motifs is 1. The van der Waals surface area contributed by atoms with E-state index in [2.05, 4.69) is 17.1 Å². The summed E-state index contributed by atoms with van der Waals surface area (Å²) in [4.78, 5) is 12.2. The van der Waals surface area contributed by atoms with Gasteiger partial charge in [-0.15, -0.1) is 0 Å². The SMILES string of the molecule is CC1CCCCN1c1nc2c(c(-c3ccc(F)cc3)n1)CCCNC2. The molecule has 1 unspecified atom stereocenters. The quantitative estimate of drug-likeness (QED) is 0.905. The molecule has 1 fully saturated rings. The summed E-state index contributed by atoms with van der Waals surface area (Å²) in [6.45, 7) is 5.04. The fourth-order valence-corrected chi connectivity index (χ4v) is 3.89. The maximum Gasteiger partial charge on any atom is 0.226 e. The van der Waals surface area contributed by atoms with Crippen molar-refractivity contribution in [2.45, 2.75) is 51.6 Å². The van der Waals surface area contributed by atoms with E-state index < -0.39 is 0 Å². The highest BCUT2D eigenvalue weighted by molar-refractivity contribution is 5.66. The van der Waals surface area contributed by atoms with Crippen LogP contribution in [0.15, 0.2) is 24.3 Å². The van der Waals surface area contributed by atoms with Crippen LogP contribution in [0.1, 0.15) is 43.9 Å². The highest BCUT2D eigenvalue weighted by atomic mass is 19.1. The van der Waals surface area contributed by atoms with E-state index in [0.29, 0.717) is 6.04 Å². The molecule has 1 atom stereocenters. The minimum absolute atomic E-state index is 0.213. The Bertz CT molecular complexity index is 744. The maximum absolute atomic E-state index is 13.4. The Balaban J connectivity index is 1.82. The number of anilines is 1. The Labute approximate surface area is 148 Å². The van der Waals surface area contributed by atoms with E-state index in [9.17, 15) is 4.39 Å². The Kier molecular flexibility index (Phi) is 4.66. The molecule has 2 aromatic rings. The maximum atomic E-state index is 13.4. The monoisotopic (exact) mass is 340 g/mol. The van der Waals surface area contributed by atoms with Crippen molar-refractivity contribution in [3.8, 4) is 11.3 Å². The van der Waals surface area contributed by atoms with Crippen LogP contribution < -0.4 is 10.2 Å². The molecule has 0 spiro atoms. The zero-order valence-corrected chi connectivity index (χ0v) is 14.8. The molecule has 25 heavy (non-hydrogen) atoms. The standard InChI is InChI=1S/C20H25FN4/c1-14-5-2-3-12-25(14)20-23-18-13-22-11-4-6-17(18)19(24-20)15-7-9-16(21)10-8-15/h7-10,14,22H,2-6,11-13H2,1H3. The molecule has 1 aromatic heterocycles. The molecule has 4 rings (SSSR count). The second kappa shape index (κ2) is 7.08. The van der Waals surface area contributed by atoms with Gasteiger partial charge in [0.15, 0.2) is 0 Å². The van der Waals surface area contributed by atoms with Crippen LogP contribution in [0, 0.1) is 5.82 Å². The lowest BCUT2D eigenvalue weighted by Gasteiger charge is -2.34. The third-order valence-corrected chi connectivity index (χ3v) is 5.33. The molecular weight excluding hydrogens is 315 g/mol. The van der Waals surface area contributed by atoms with Crippen molar-refractivity contribution in [3.63, 3.8) is 0 Å². The second-order valence-corrected chi connectivity index (χ2v) is 7.12. The van der Waals surface area contributed by atoms with Crippen molar-refractivity contribution in [1.29, 1.82) is 0 Å². The molecule has 0 bridgehead atoms. The van der Waals surface area contributed by atoms with Crippen molar-refractivity contribution in [3.05, 3.63) is 41.3 Å². The van der Waals surface area contributed by atoms with Crippen LogP contribution in [0.25, 0.3) is 11.3 Å². The van der Waals surface area contributed by atoms with E-state index in [0.717, 1.165) is 55.4 Å². The lowest BCUT2D eigenvalue weighted by molar-refractivity contribution is 0.476. The highest BCUT2D eigenvalue weighted by Gasteiger charge is 2.24. The van der Waals surface area contributed by atoms with E-state index >= 15 is 0 Å². The summed E-state index contributed by atoms with van der Waals surface area (Å²) in [7, 11) is 0. The molecule has 0 amide bonds. The number of aromatic nitrogens is 2. The van der Waals surface area contributed by atoms with Crippen molar-refractivity contribution in [2.75, 3.05) is 18.0 Å². The van der Waals surface area contributed by atoms with Crippen molar-refractivity contribution < 1.29 is 4.39 Å². The Morgan fingerprint density at radius 2 is 1.96 bits per heavy atom. The summed E-state index contributed by atoms with van der Waals surface area (Å²) in [5.41, 5.74) is 4.26. The summed E-state index contributed by atoms with van der Waals surface area (Å²) in [6.07, 6.45) is 5.68. The topological polar surface area (TPSA) is 41.1 Å². The third kappa shape index (κ3) is 3.38. The molecule has 3 heterocycles. The number of rotatable bonds is 2. The molecule has 1 saturated heterocycles. The van der Waals surface area contributed by atoms with Crippen molar-refractivity contribution >= 4 is 5.95 Å². The van der Waals surface area contributed by atoms with Gasteiger partial charge in [-0.25, -0.2) is 14.4 Å². The summed E-state index contributed by atoms with van der Waals surface area (Å²) in [5.74, 6) is 0.615. The fraction of sp³-hybridized carbons (Fsp3) is 0.500. The molecule has 1 aromatic carbocycles. The van der Waals surface area contributed by atoms with Crippen LogP contribution in [-0.4, -0.2) is 29.1 Å². The first-order chi connectivity index (χ1) is 12.2. The van der Waals surface area contributed by atoms with Gasteiger partial charge in [0.25, 0.3) is 0 Å². The van der Waals surface area contributed by atoms with E-state index in [4.69, 9.17) is 9.97 Å². The summed E-state index contributed by atoms with van der Waals surface area (Å²) in [5, 5.41) is 3.46. The van der Waals surface area contributed by atoms with Gasteiger partial charge < -0.3 is 10.2 Å². The van der Waals surface area contributed by atoms with E-state index in [1.807, 2.05) is 12.1 Å². The number of benzene rings is 1. The van der Waals surface area contributed by atoms with Crippen LogP contribution in [-0.2, 0) is 13.0 Å². The number of nitrogens with one attached hydrogen (secondary N) is 1. The van der Waals surface area contributed by atoms with Crippen LogP contribution in [0.5, 0.6) is 0 Å². The van der Waals surface area contributed by atoms with Gasteiger partial charge in [-0.2, -0.15) is 0 Å². The normalized spacial score (nSPS) is 20.9. The minimum atomic E-state index is -0.213. The summed E-state index contributed by atoms with van der Waals surface area (Å²) in [6, 6.07) is 7.16. The number of halogens is 1. The van der Waals surface area contributed by atoms with Gasteiger partial charge in [0.05, 0.1) is 11.4 Å². The fourth-order valence-electron chi connectivity index (χ4n) is 3.89. The summed E-state index contributed by atoms with van der Waals surface area (Å²) < 4.78 is 13.4. The lowest BCUT2D eigenvalue weighted by atomic mass is 10.0. The van der Waals surface area contributed by atoms with E-state index in [1.54, 1.807) is 0 Å². The van der Waals surface area contributed by atoms with Crippen molar-refractivity contribution in [2.24, 2.45) is 0 Å². The molecule has 2 aliphatic heterocycles. The predicted octanol–water partition coefficient (Wildman–Crippen LogP) is 3.70. The molecule has 5 heteroatoms. The van der Waals surface area contributed by atoms with Crippen LogP contribution in [0.3, 0.4) is 0 Å². The second-order valence-electron chi connectivity index (χ2n) is 7.12. The zero-order chi connectivity index (χ0) is 17.2. The molecule has 2 aliphatic rings. The number of nitrogens with zero attached hydrogens (tertiary/aromatic N) is 3. The van der Waals surface area contributed by atoms with Gasteiger partial charge in [-0.05, 0) is 69.8 Å². The smallest absolute Gasteiger partial charge is 0.226 e. The largest absolute Gasteiger partial charge is 0.338 e. The highest BCUT2D eigenvalue weighted by Crippen LogP contribution is 2.30. The number of piperidine rings is 1. The Morgan fingerprint density at radius 3 is 2.76 bits per heavy atom. The van der Waals surface area contributed by atoms with E-state index in [1.165, 1.54) is 37.0 Å². The molecule has 0 radical (unpaired) electrons. The average molecular weight is 340 g/mol. The molecular formula is C20H25FN4. The molecule has 4 nitrogen and oxygen atoms in total. The Hall–Kier alpha value is -2.01. The van der Waals surface area contributed by atoms with Gasteiger partial charge in [0, 0.05) is 30.3 Å². The van der Waals surface area contributed by atoms with Crippen LogP contribution in [0.2, 0.25) is 0 Å². The molecule has 0 aliphatic carbocycles. The molecule has 1 N–H and O–H groups in total.